The number of nitrogens with one attached hydrogen (secondary N) is 2. The van der Waals surface area contributed by atoms with Crippen LogP contribution in [-0.2, 0) is 14.8 Å². The van der Waals surface area contributed by atoms with Gasteiger partial charge in [0.1, 0.15) is 10.6 Å². The molecule has 8 nitrogen and oxygen atoms in total. The predicted octanol–water partition coefficient (Wildman–Crippen LogP) is 0.866. The van der Waals surface area contributed by atoms with Crippen LogP contribution in [0.5, 0.6) is 5.75 Å². The number of methoxy groups -OCH3 is 1. The lowest BCUT2D eigenvalue weighted by Crippen LogP contribution is -2.48. The van der Waals surface area contributed by atoms with Gasteiger partial charge in [-0.15, -0.1) is 12.4 Å². The Morgan fingerprint density at radius 1 is 1.32 bits per heavy atom. The largest absolute Gasteiger partial charge is 0.495 e. The van der Waals surface area contributed by atoms with Gasteiger partial charge in [0.05, 0.1) is 20.3 Å². The number of benzene rings is 1. The van der Waals surface area contributed by atoms with E-state index in [4.69, 9.17) is 9.47 Å². The maximum Gasteiger partial charge on any atom is 0.251 e. The van der Waals surface area contributed by atoms with Crippen LogP contribution in [0, 0.1) is 5.92 Å². The molecule has 0 spiro atoms. The molecule has 2 saturated heterocycles. The minimum absolute atomic E-state index is 0. The number of amides is 1. The zero-order chi connectivity index (χ0) is 19.4. The highest BCUT2D eigenvalue weighted by Gasteiger charge is 2.30. The quantitative estimate of drug-likeness (QED) is 0.715. The zero-order valence-corrected chi connectivity index (χ0v) is 17.8. The van der Waals surface area contributed by atoms with Gasteiger partial charge in [-0.1, -0.05) is 6.92 Å². The molecular weight excluding hydrogens is 406 g/mol. The second-order valence-electron chi connectivity index (χ2n) is 6.93. The Labute approximate surface area is 172 Å². The van der Waals surface area contributed by atoms with Gasteiger partial charge in [-0.2, -0.15) is 4.31 Å². The van der Waals surface area contributed by atoms with Crippen molar-refractivity contribution in [1.82, 2.24) is 14.9 Å². The Bertz CT molecular complexity index is 783. The third kappa shape index (κ3) is 4.96. The van der Waals surface area contributed by atoms with Crippen LogP contribution in [-0.4, -0.2) is 71.2 Å². The lowest BCUT2D eigenvalue weighted by Gasteiger charge is -2.30. The molecular formula is C18H28ClN3O5S. The Morgan fingerprint density at radius 2 is 2.04 bits per heavy atom. The van der Waals surface area contributed by atoms with Gasteiger partial charge in [-0.25, -0.2) is 8.42 Å². The first-order chi connectivity index (χ1) is 12.9. The van der Waals surface area contributed by atoms with Crippen LogP contribution in [0.15, 0.2) is 23.1 Å². The van der Waals surface area contributed by atoms with E-state index < -0.39 is 10.0 Å². The summed E-state index contributed by atoms with van der Waals surface area (Å²) in [5.41, 5.74) is 0.313. The molecule has 0 bridgehead atoms. The minimum Gasteiger partial charge on any atom is -0.495 e. The number of nitrogens with zero attached hydrogens (tertiary/aromatic N) is 1. The molecule has 0 radical (unpaired) electrons. The summed E-state index contributed by atoms with van der Waals surface area (Å²) in [7, 11) is -2.35. The molecule has 2 atom stereocenters. The van der Waals surface area contributed by atoms with E-state index in [1.54, 1.807) is 6.07 Å². The summed E-state index contributed by atoms with van der Waals surface area (Å²) in [6.45, 7) is 5.08. The van der Waals surface area contributed by atoms with Gasteiger partial charge in [-0.3, -0.25) is 4.79 Å². The van der Waals surface area contributed by atoms with Gasteiger partial charge >= 0.3 is 0 Å². The third-order valence-electron chi connectivity index (χ3n) is 5.12. The molecule has 0 aromatic heterocycles. The van der Waals surface area contributed by atoms with E-state index in [0.29, 0.717) is 24.7 Å². The molecule has 28 heavy (non-hydrogen) atoms. The van der Waals surface area contributed by atoms with E-state index in [1.165, 1.54) is 23.5 Å². The van der Waals surface area contributed by atoms with E-state index in [-0.39, 0.29) is 48.1 Å². The summed E-state index contributed by atoms with van der Waals surface area (Å²) >= 11 is 0. The lowest BCUT2D eigenvalue weighted by molar-refractivity contribution is 0.0729. The van der Waals surface area contributed by atoms with Crippen molar-refractivity contribution < 1.29 is 22.7 Å². The van der Waals surface area contributed by atoms with Crippen LogP contribution in [0.1, 0.15) is 23.7 Å². The number of sulfonamides is 1. The number of hydrogen-bond donors (Lipinski definition) is 2. The molecule has 1 aromatic rings. The van der Waals surface area contributed by atoms with Crippen molar-refractivity contribution in [1.29, 1.82) is 0 Å². The van der Waals surface area contributed by atoms with E-state index in [9.17, 15) is 13.2 Å². The highest BCUT2D eigenvalue weighted by molar-refractivity contribution is 7.89. The second kappa shape index (κ2) is 9.89. The van der Waals surface area contributed by atoms with Crippen molar-refractivity contribution in [2.45, 2.75) is 24.3 Å². The third-order valence-corrected chi connectivity index (χ3v) is 7.04. The number of piperidine rings is 1. The molecule has 10 heteroatoms. The van der Waals surface area contributed by atoms with Crippen LogP contribution in [0.3, 0.4) is 0 Å². The maximum atomic E-state index is 13.0. The van der Waals surface area contributed by atoms with Gasteiger partial charge in [0, 0.05) is 24.7 Å². The second-order valence-corrected chi connectivity index (χ2v) is 8.84. The summed E-state index contributed by atoms with van der Waals surface area (Å²) in [6.07, 6.45) is 0.849. The molecule has 0 aliphatic carbocycles. The Hall–Kier alpha value is -1.39. The van der Waals surface area contributed by atoms with Crippen LogP contribution >= 0.6 is 12.4 Å². The van der Waals surface area contributed by atoms with E-state index in [2.05, 4.69) is 17.6 Å². The number of carbonyl (C=O) groups is 1. The van der Waals surface area contributed by atoms with Crippen molar-refractivity contribution in [3.63, 3.8) is 0 Å². The van der Waals surface area contributed by atoms with Gasteiger partial charge in [0.15, 0.2) is 0 Å². The standard InChI is InChI=1S/C18H27N3O5S.ClH/c1-13-12-19-6-5-15(13)20-18(22)14-3-4-16(25-2)17(11-14)27(23,24)21-7-9-26-10-8-21;/h3-4,11,13,15,19H,5-10,12H2,1-2H3,(H,20,22);1H. The number of carbonyl (C=O) groups excluding carboxylic acids is 1. The fraction of sp³-hybridized carbons (Fsp3) is 0.611. The van der Waals surface area contributed by atoms with E-state index in [1.807, 2.05) is 0 Å². The van der Waals surface area contributed by atoms with Crippen LogP contribution in [0.25, 0.3) is 0 Å². The summed E-state index contributed by atoms with van der Waals surface area (Å²) in [5, 5.41) is 6.33. The SMILES string of the molecule is COc1ccc(C(=O)NC2CCNCC2C)cc1S(=O)(=O)N1CCOCC1.Cl. The summed E-state index contributed by atoms with van der Waals surface area (Å²) < 4.78 is 37.9. The highest BCUT2D eigenvalue weighted by Crippen LogP contribution is 2.28. The highest BCUT2D eigenvalue weighted by atomic mass is 35.5. The van der Waals surface area contributed by atoms with E-state index >= 15 is 0 Å². The van der Waals surface area contributed by atoms with Gasteiger partial charge in [-0.05, 0) is 43.6 Å². The molecule has 2 heterocycles. The lowest BCUT2D eigenvalue weighted by atomic mass is 9.95. The number of morpholine rings is 1. The summed E-state index contributed by atoms with van der Waals surface area (Å²) in [5.74, 6) is 0.278. The first kappa shape index (κ1) is 22.9. The number of hydrogen-bond acceptors (Lipinski definition) is 6. The fourth-order valence-electron chi connectivity index (χ4n) is 3.43. The molecule has 158 valence electrons. The van der Waals surface area contributed by atoms with Crippen molar-refractivity contribution in [2.24, 2.45) is 5.92 Å². The van der Waals surface area contributed by atoms with Crippen molar-refractivity contribution in [2.75, 3.05) is 46.5 Å². The van der Waals surface area contributed by atoms with Gasteiger partial charge < -0.3 is 20.1 Å². The number of rotatable bonds is 5. The Kier molecular flexibility index (Phi) is 8.08. The Morgan fingerprint density at radius 3 is 2.68 bits per heavy atom. The Balaban J connectivity index is 0.00000280. The van der Waals surface area contributed by atoms with Crippen molar-refractivity contribution in [3.8, 4) is 5.75 Å². The normalized spacial score (nSPS) is 23.5. The monoisotopic (exact) mass is 433 g/mol. The first-order valence-electron chi connectivity index (χ1n) is 9.21. The van der Waals surface area contributed by atoms with Gasteiger partial charge in [0.25, 0.3) is 5.91 Å². The molecule has 2 N–H and O–H groups in total. The average Bonchev–Trinajstić information content (AvgIpc) is 2.69. The summed E-state index contributed by atoms with van der Waals surface area (Å²) in [4.78, 5) is 12.7. The number of halogens is 1. The average molecular weight is 434 g/mol. The van der Waals surface area contributed by atoms with Crippen molar-refractivity contribution in [3.05, 3.63) is 23.8 Å². The molecule has 2 aliphatic heterocycles. The molecule has 0 saturated carbocycles. The topological polar surface area (TPSA) is 97.0 Å². The molecule has 2 unspecified atom stereocenters. The zero-order valence-electron chi connectivity index (χ0n) is 16.1. The fourth-order valence-corrected chi connectivity index (χ4v) is 5.02. The molecule has 2 fully saturated rings. The van der Waals surface area contributed by atoms with Crippen LogP contribution in [0.4, 0.5) is 0 Å². The number of ether oxygens (including phenoxy) is 2. The maximum absolute atomic E-state index is 13.0. The van der Waals surface area contributed by atoms with Crippen LogP contribution < -0.4 is 15.4 Å². The first-order valence-corrected chi connectivity index (χ1v) is 10.6. The molecule has 3 rings (SSSR count). The van der Waals surface area contributed by atoms with E-state index in [0.717, 1.165) is 19.5 Å². The van der Waals surface area contributed by atoms with Gasteiger partial charge in [0.2, 0.25) is 10.0 Å². The smallest absolute Gasteiger partial charge is 0.251 e. The minimum atomic E-state index is -3.77. The summed E-state index contributed by atoms with van der Waals surface area (Å²) in [6, 6.07) is 4.61. The predicted molar refractivity (Wildman–Crippen MR) is 108 cm³/mol. The molecule has 1 amide bonds. The van der Waals surface area contributed by atoms with Crippen LogP contribution in [0.2, 0.25) is 0 Å². The van der Waals surface area contributed by atoms with Crippen molar-refractivity contribution >= 4 is 28.3 Å². The molecule has 1 aromatic carbocycles. The molecule has 2 aliphatic rings.